The molecule has 128 valence electrons. The van der Waals surface area contributed by atoms with Crippen LogP contribution in [-0.4, -0.2) is 56.5 Å². The number of rotatable bonds is 3. The predicted octanol–water partition coefficient (Wildman–Crippen LogP) is 2.19. The van der Waals surface area contributed by atoms with E-state index in [-0.39, 0.29) is 29.7 Å². The summed E-state index contributed by atoms with van der Waals surface area (Å²) in [5.41, 5.74) is 1.53. The Hall–Kier alpha value is -0.310. The highest BCUT2D eigenvalue weighted by molar-refractivity contribution is 14.0. The number of allylic oxidation sites excluding steroid dienone is 1. The van der Waals surface area contributed by atoms with Gasteiger partial charge in [-0.2, -0.15) is 0 Å². The molecule has 1 saturated heterocycles. The van der Waals surface area contributed by atoms with Crippen molar-refractivity contribution in [1.29, 1.82) is 0 Å². The second-order valence-corrected chi connectivity index (χ2v) is 9.22. The molecule has 0 spiro atoms. The van der Waals surface area contributed by atoms with E-state index in [9.17, 15) is 8.42 Å². The summed E-state index contributed by atoms with van der Waals surface area (Å²) in [5, 5.41) is 3.37. The van der Waals surface area contributed by atoms with Crippen molar-refractivity contribution in [1.82, 2.24) is 10.2 Å². The molecule has 5 nitrogen and oxygen atoms in total. The van der Waals surface area contributed by atoms with E-state index in [1.807, 2.05) is 0 Å². The second-order valence-electron chi connectivity index (χ2n) is 6.48. The lowest BCUT2D eigenvalue weighted by molar-refractivity contribution is 0.353. The molecule has 0 radical (unpaired) electrons. The van der Waals surface area contributed by atoms with Crippen LogP contribution in [0.2, 0.25) is 0 Å². The van der Waals surface area contributed by atoms with Gasteiger partial charge in [-0.25, -0.2) is 8.42 Å². The first kappa shape index (κ1) is 19.7. The Labute approximate surface area is 151 Å². The lowest BCUT2D eigenvalue weighted by atomic mass is 10.1. The van der Waals surface area contributed by atoms with Crippen LogP contribution in [0.4, 0.5) is 0 Å². The van der Waals surface area contributed by atoms with Crippen LogP contribution in [0.3, 0.4) is 0 Å². The summed E-state index contributed by atoms with van der Waals surface area (Å²) in [6, 6.07) is 0. The summed E-state index contributed by atoms with van der Waals surface area (Å²) < 4.78 is 23.4. The number of nitrogens with zero attached hydrogens (tertiary/aromatic N) is 2. The number of guanidine groups is 1. The van der Waals surface area contributed by atoms with Crippen molar-refractivity contribution in [2.45, 2.75) is 44.3 Å². The Balaban J connectivity index is 0.00000242. The lowest BCUT2D eigenvalue weighted by Crippen LogP contribution is -2.57. The van der Waals surface area contributed by atoms with Gasteiger partial charge in [-0.3, -0.25) is 4.99 Å². The highest BCUT2D eigenvalue weighted by atomic mass is 127. The molecule has 1 aliphatic carbocycles. The minimum absolute atomic E-state index is 0. The van der Waals surface area contributed by atoms with Crippen LogP contribution < -0.4 is 5.32 Å². The first-order valence-corrected chi connectivity index (χ1v) is 9.37. The topological polar surface area (TPSA) is 61.8 Å². The number of nitrogens with one attached hydrogen (secondary N) is 1. The van der Waals surface area contributed by atoms with Gasteiger partial charge in [0.2, 0.25) is 0 Å². The molecule has 7 heteroatoms. The molecule has 1 heterocycles. The van der Waals surface area contributed by atoms with Crippen molar-refractivity contribution in [2.75, 3.05) is 32.4 Å². The van der Waals surface area contributed by atoms with Crippen molar-refractivity contribution in [2.24, 2.45) is 4.99 Å². The molecular formula is C15H28IN3O2S. The van der Waals surface area contributed by atoms with Crippen LogP contribution >= 0.6 is 24.0 Å². The summed E-state index contributed by atoms with van der Waals surface area (Å²) >= 11 is 0. The van der Waals surface area contributed by atoms with E-state index in [1.165, 1.54) is 24.8 Å². The van der Waals surface area contributed by atoms with E-state index in [0.717, 1.165) is 18.9 Å². The van der Waals surface area contributed by atoms with E-state index in [1.54, 1.807) is 20.9 Å². The molecule has 0 saturated carbocycles. The maximum absolute atomic E-state index is 12.1. The summed E-state index contributed by atoms with van der Waals surface area (Å²) in [4.78, 5) is 6.37. The van der Waals surface area contributed by atoms with Gasteiger partial charge in [0.25, 0.3) is 0 Å². The zero-order valence-electron chi connectivity index (χ0n) is 13.8. The first-order chi connectivity index (χ1) is 9.86. The van der Waals surface area contributed by atoms with Gasteiger partial charge in [-0.15, -0.1) is 24.0 Å². The van der Waals surface area contributed by atoms with Gasteiger partial charge in [0.1, 0.15) is 0 Å². The molecule has 1 aliphatic heterocycles. The molecule has 0 aromatic carbocycles. The monoisotopic (exact) mass is 441 g/mol. The minimum atomic E-state index is -3.00. The Bertz CT molecular complexity index is 541. The van der Waals surface area contributed by atoms with Gasteiger partial charge in [0, 0.05) is 26.7 Å². The maximum atomic E-state index is 12.1. The maximum Gasteiger partial charge on any atom is 0.193 e. The molecule has 1 N–H and O–H groups in total. The van der Waals surface area contributed by atoms with Gasteiger partial charge in [-0.1, -0.05) is 11.6 Å². The highest BCUT2D eigenvalue weighted by Gasteiger charge is 2.40. The van der Waals surface area contributed by atoms with Gasteiger partial charge < -0.3 is 10.2 Å². The summed E-state index contributed by atoms with van der Waals surface area (Å²) in [6.45, 7) is 5.48. The molecule has 1 fully saturated rings. The van der Waals surface area contributed by atoms with Gasteiger partial charge in [0.15, 0.2) is 15.8 Å². The van der Waals surface area contributed by atoms with Gasteiger partial charge in [-0.05, 0) is 39.5 Å². The molecule has 0 amide bonds. The summed E-state index contributed by atoms with van der Waals surface area (Å²) in [7, 11) is -1.25. The predicted molar refractivity (Wildman–Crippen MR) is 103 cm³/mol. The standard InChI is InChI=1S/C15H27N3O2S.HI/c1-15(2)12-18(10-11-21(15,19)20)14(16-3)17-9-8-13-6-4-5-7-13;/h6H,4-5,7-12H2,1-3H3,(H,16,17);1H. The summed E-state index contributed by atoms with van der Waals surface area (Å²) in [6.07, 6.45) is 7.09. The van der Waals surface area contributed by atoms with Crippen LogP contribution in [0.15, 0.2) is 16.6 Å². The Morgan fingerprint density at radius 3 is 2.73 bits per heavy atom. The van der Waals surface area contributed by atoms with Crippen LogP contribution in [0, 0.1) is 0 Å². The quantitative estimate of drug-likeness (QED) is 0.316. The molecule has 0 aromatic heterocycles. The van der Waals surface area contributed by atoms with Crippen LogP contribution in [-0.2, 0) is 9.84 Å². The minimum Gasteiger partial charge on any atom is -0.356 e. The SMILES string of the molecule is CN=C(NCCC1=CCCC1)N1CCS(=O)(=O)C(C)(C)C1.I. The number of hydrogen-bond donors (Lipinski definition) is 1. The van der Waals surface area contributed by atoms with E-state index >= 15 is 0 Å². The molecule has 0 aromatic rings. The zero-order valence-corrected chi connectivity index (χ0v) is 16.9. The van der Waals surface area contributed by atoms with Gasteiger partial charge >= 0.3 is 0 Å². The normalized spacial score (nSPS) is 23.7. The molecule has 2 aliphatic rings. The molecule has 22 heavy (non-hydrogen) atoms. The van der Waals surface area contributed by atoms with Crippen molar-refractivity contribution in [3.05, 3.63) is 11.6 Å². The average Bonchev–Trinajstić information content (AvgIpc) is 2.91. The molecular weight excluding hydrogens is 413 g/mol. The zero-order chi connectivity index (χ0) is 15.5. The third kappa shape index (κ3) is 4.59. The smallest absolute Gasteiger partial charge is 0.193 e. The number of sulfone groups is 1. The van der Waals surface area contributed by atoms with E-state index < -0.39 is 14.6 Å². The average molecular weight is 441 g/mol. The number of hydrogen-bond acceptors (Lipinski definition) is 3. The Morgan fingerprint density at radius 1 is 1.45 bits per heavy atom. The first-order valence-electron chi connectivity index (χ1n) is 7.71. The fraction of sp³-hybridized carbons (Fsp3) is 0.800. The molecule has 2 rings (SSSR count). The lowest BCUT2D eigenvalue weighted by Gasteiger charge is -2.39. The Morgan fingerprint density at radius 2 is 2.18 bits per heavy atom. The third-order valence-electron chi connectivity index (χ3n) is 4.42. The fourth-order valence-corrected chi connectivity index (χ4v) is 4.32. The van der Waals surface area contributed by atoms with Crippen molar-refractivity contribution >= 4 is 39.8 Å². The molecule has 0 unspecified atom stereocenters. The largest absolute Gasteiger partial charge is 0.356 e. The van der Waals surface area contributed by atoms with Gasteiger partial charge in [0.05, 0.1) is 10.5 Å². The fourth-order valence-electron chi connectivity index (χ4n) is 2.96. The second kappa shape index (κ2) is 7.99. The van der Waals surface area contributed by atoms with Crippen molar-refractivity contribution < 1.29 is 8.42 Å². The Kier molecular flexibility index (Phi) is 7.17. The number of aliphatic imine (C=N–C) groups is 1. The van der Waals surface area contributed by atoms with E-state index in [4.69, 9.17) is 0 Å². The van der Waals surface area contributed by atoms with E-state index in [2.05, 4.69) is 21.3 Å². The summed E-state index contributed by atoms with van der Waals surface area (Å²) in [5.74, 6) is 1.02. The number of halogens is 1. The third-order valence-corrected chi connectivity index (χ3v) is 6.95. The molecule has 0 bridgehead atoms. The van der Waals surface area contributed by atoms with Crippen molar-refractivity contribution in [3.8, 4) is 0 Å². The van der Waals surface area contributed by atoms with E-state index in [0.29, 0.717) is 13.1 Å². The van der Waals surface area contributed by atoms with Crippen LogP contribution in [0.1, 0.15) is 39.5 Å². The molecule has 0 atom stereocenters. The van der Waals surface area contributed by atoms with Crippen LogP contribution in [0.25, 0.3) is 0 Å². The van der Waals surface area contributed by atoms with Crippen molar-refractivity contribution in [3.63, 3.8) is 0 Å². The van der Waals surface area contributed by atoms with Crippen LogP contribution in [0.5, 0.6) is 0 Å². The highest BCUT2D eigenvalue weighted by Crippen LogP contribution is 2.24.